The second-order valence-corrected chi connectivity index (χ2v) is 8.64. The summed E-state index contributed by atoms with van der Waals surface area (Å²) in [6, 6.07) is 10.9. The monoisotopic (exact) mass is 474 g/mol. The quantitative estimate of drug-likeness (QED) is 0.394. The summed E-state index contributed by atoms with van der Waals surface area (Å²) in [5.74, 6) is 0.677. The van der Waals surface area contributed by atoms with Gasteiger partial charge >= 0.3 is 5.97 Å². The molecule has 0 aliphatic carbocycles. The van der Waals surface area contributed by atoms with Crippen LogP contribution in [0.5, 0.6) is 0 Å². The summed E-state index contributed by atoms with van der Waals surface area (Å²) in [5, 5.41) is 8.39. The van der Waals surface area contributed by atoms with E-state index < -0.39 is 5.97 Å². The molecular weight excluding hydrogens is 460 g/mol. The number of rotatable bonds is 6. The van der Waals surface area contributed by atoms with Crippen molar-refractivity contribution in [1.29, 1.82) is 0 Å². The molecule has 3 aromatic heterocycles. The van der Waals surface area contributed by atoms with E-state index in [1.807, 2.05) is 18.2 Å². The van der Waals surface area contributed by atoms with Crippen molar-refractivity contribution in [2.45, 2.75) is 19.4 Å². The molecule has 0 aliphatic rings. The van der Waals surface area contributed by atoms with Gasteiger partial charge in [0.1, 0.15) is 5.82 Å². The number of halogens is 1. The maximum Gasteiger partial charge on any atom is 0.306 e. The average molecular weight is 475 g/mol. The van der Waals surface area contributed by atoms with Crippen molar-refractivity contribution in [1.82, 2.24) is 19.7 Å². The van der Waals surface area contributed by atoms with E-state index >= 15 is 0 Å². The summed E-state index contributed by atoms with van der Waals surface area (Å²) in [4.78, 5) is 29.8. The summed E-state index contributed by atoms with van der Waals surface area (Å²) < 4.78 is 13.1. The Morgan fingerprint density at radius 3 is 2.86 bits per heavy atom. The van der Waals surface area contributed by atoms with E-state index in [4.69, 9.17) is 9.15 Å². The van der Waals surface area contributed by atoms with Crippen molar-refractivity contribution in [2.24, 2.45) is 7.05 Å². The molecule has 0 aliphatic heterocycles. The number of aryl methyl sites for hydroxylation is 1. The average Bonchev–Trinajstić information content (AvgIpc) is 3.37. The Kier molecular flexibility index (Phi) is 5.54. The number of carbonyl (C=O) groups is 1. The number of ether oxygens (including phenoxy) is 1. The van der Waals surface area contributed by atoms with Gasteiger partial charge in [-0.1, -0.05) is 12.1 Å². The lowest BCUT2D eigenvalue weighted by molar-refractivity contribution is -0.145. The van der Waals surface area contributed by atoms with Gasteiger partial charge in [-0.05, 0) is 40.2 Å². The van der Waals surface area contributed by atoms with E-state index in [-0.39, 0.29) is 30.9 Å². The Morgan fingerprint density at radius 1 is 1.24 bits per heavy atom. The third kappa shape index (κ3) is 4.28. The maximum atomic E-state index is 12.4. The first-order chi connectivity index (χ1) is 14.0. The van der Waals surface area contributed by atoms with Gasteiger partial charge in [0.15, 0.2) is 6.61 Å². The van der Waals surface area contributed by atoms with Crippen LogP contribution in [0.1, 0.15) is 18.1 Å². The number of hydrogen-bond acceptors (Lipinski definition) is 8. The summed E-state index contributed by atoms with van der Waals surface area (Å²) in [6.45, 7) is -0.109. The van der Waals surface area contributed by atoms with Gasteiger partial charge in [0.05, 0.1) is 26.0 Å². The molecule has 0 amide bonds. The molecule has 0 spiro atoms. The highest BCUT2D eigenvalue weighted by atomic mass is 79.9. The van der Waals surface area contributed by atoms with Crippen molar-refractivity contribution in [3.63, 3.8) is 0 Å². The number of hydrogen-bond donors (Lipinski definition) is 0. The van der Waals surface area contributed by atoms with Crippen LogP contribution in [0.15, 0.2) is 49.4 Å². The number of thiophene rings is 1. The topological polar surface area (TPSA) is 100 Å². The Hall–Kier alpha value is -2.85. The van der Waals surface area contributed by atoms with Gasteiger partial charge in [-0.15, -0.1) is 21.5 Å². The number of aromatic nitrogens is 4. The van der Waals surface area contributed by atoms with E-state index in [1.54, 1.807) is 25.2 Å². The van der Waals surface area contributed by atoms with E-state index in [0.29, 0.717) is 22.6 Å². The zero-order valence-corrected chi connectivity index (χ0v) is 17.7. The minimum absolute atomic E-state index is 0.0808. The largest absolute Gasteiger partial charge is 0.456 e. The molecular formula is C19H15BrN4O4S. The van der Waals surface area contributed by atoms with Crippen molar-refractivity contribution < 1.29 is 13.9 Å². The van der Waals surface area contributed by atoms with Crippen molar-refractivity contribution in [2.75, 3.05) is 0 Å². The minimum Gasteiger partial charge on any atom is -0.456 e. The molecule has 3 heterocycles. The highest BCUT2D eigenvalue weighted by Crippen LogP contribution is 2.30. The number of benzene rings is 1. The smallest absolute Gasteiger partial charge is 0.306 e. The Morgan fingerprint density at radius 2 is 2.07 bits per heavy atom. The van der Waals surface area contributed by atoms with E-state index in [1.165, 1.54) is 15.9 Å². The molecule has 4 rings (SSSR count). The molecule has 0 atom stereocenters. The summed E-state index contributed by atoms with van der Waals surface area (Å²) in [6.07, 6.45) is 0.366. The predicted molar refractivity (Wildman–Crippen MR) is 110 cm³/mol. The summed E-state index contributed by atoms with van der Waals surface area (Å²) in [5.41, 5.74) is 0.468. The molecule has 10 heteroatoms. The number of carbonyl (C=O) groups excluding carboxylic acids is 1. The van der Waals surface area contributed by atoms with Gasteiger partial charge < -0.3 is 9.15 Å². The minimum atomic E-state index is -0.439. The SMILES string of the molecule is Cn1c(CCC(=O)OCc2nnc(-c3ccc(Br)s3)o2)nc2ccccc2c1=O. The fourth-order valence-corrected chi connectivity index (χ4v) is 4.06. The molecule has 1 aromatic carbocycles. The molecule has 29 heavy (non-hydrogen) atoms. The third-order valence-electron chi connectivity index (χ3n) is 4.24. The van der Waals surface area contributed by atoms with Gasteiger partial charge in [0.25, 0.3) is 17.3 Å². The van der Waals surface area contributed by atoms with E-state index in [9.17, 15) is 9.59 Å². The van der Waals surface area contributed by atoms with Crippen LogP contribution in [0.25, 0.3) is 21.7 Å². The van der Waals surface area contributed by atoms with Crippen LogP contribution < -0.4 is 5.56 Å². The highest BCUT2D eigenvalue weighted by molar-refractivity contribution is 9.11. The first kappa shape index (κ1) is 19.5. The Bertz CT molecular complexity index is 1250. The second-order valence-electron chi connectivity index (χ2n) is 6.17. The van der Waals surface area contributed by atoms with Gasteiger partial charge in [-0.3, -0.25) is 14.2 Å². The molecule has 0 saturated carbocycles. The Balaban J connectivity index is 1.36. The molecule has 4 aromatic rings. The molecule has 0 unspecified atom stereocenters. The van der Waals surface area contributed by atoms with E-state index in [0.717, 1.165) is 8.66 Å². The summed E-state index contributed by atoms with van der Waals surface area (Å²) in [7, 11) is 1.64. The lowest BCUT2D eigenvalue weighted by atomic mass is 10.2. The molecule has 8 nitrogen and oxygen atoms in total. The zero-order chi connectivity index (χ0) is 20.4. The predicted octanol–water partition coefficient (Wildman–Crippen LogP) is 3.48. The molecule has 0 bridgehead atoms. The van der Waals surface area contributed by atoms with Crippen molar-refractivity contribution >= 4 is 44.1 Å². The lowest BCUT2D eigenvalue weighted by Gasteiger charge is -2.08. The number of esters is 1. The fourth-order valence-electron chi connectivity index (χ4n) is 2.76. The molecule has 148 valence electrons. The second kappa shape index (κ2) is 8.26. The maximum absolute atomic E-state index is 12.4. The number of para-hydroxylation sites is 1. The fraction of sp³-hybridized carbons (Fsp3) is 0.211. The van der Waals surface area contributed by atoms with Crippen LogP contribution in [0.4, 0.5) is 0 Å². The van der Waals surface area contributed by atoms with Crippen LogP contribution in [-0.4, -0.2) is 25.7 Å². The first-order valence-corrected chi connectivity index (χ1v) is 10.3. The van der Waals surface area contributed by atoms with Crippen LogP contribution in [-0.2, 0) is 29.6 Å². The molecule has 0 radical (unpaired) electrons. The van der Waals surface area contributed by atoms with Gasteiger partial charge in [-0.2, -0.15) is 0 Å². The van der Waals surface area contributed by atoms with Gasteiger partial charge in [0, 0.05) is 13.5 Å². The van der Waals surface area contributed by atoms with Crippen LogP contribution >= 0.6 is 27.3 Å². The van der Waals surface area contributed by atoms with Gasteiger partial charge in [-0.25, -0.2) is 4.98 Å². The standard InChI is InChI=1S/C19H15BrN4O4S/c1-24-15(21-12-5-3-2-4-11(12)19(24)26)8-9-17(25)27-10-16-22-23-18(28-16)13-6-7-14(20)29-13/h2-7H,8-10H2,1H3. The zero-order valence-electron chi connectivity index (χ0n) is 15.3. The van der Waals surface area contributed by atoms with Crippen molar-refractivity contribution in [3.8, 4) is 10.8 Å². The van der Waals surface area contributed by atoms with Crippen molar-refractivity contribution in [3.05, 3.63) is 62.3 Å². The number of nitrogens with zero attached hydrogens (tertiary/aromatic N) is 4. The number of fused-ring (bicyclic) bond motifs is 1. The third-order valence-corrected chi connectivity index (χ3v) is 5.85. The van der Waals surface area contributed by atoms with Crippen LogP contribution in [0.2, 0.25) is 0 Å². The van der Waals surface area contributed by atoms with Gasteiger partial charge in [0.2, 0.25) is 0 Å². The highest BCUT2D eigenvalue weighted by Gasteiger charge is 2.14. The Labute approximate surface area is 177 Å². The van der Waals surface area contributed by atoms with Crippen LogP contribution in [0.3, 0.4) is 0 Å². The first-order valence-electron chi connectivity index (χ1n) is 8.69. The molecule has 0 saturated heterocycles. The lowest BCUT2D eigenvalue weighted by Crippen LogP contribution is -2.23. The van der Waals surface area contributed by atoms with Crippen LogP contribution in [0, 0.1) is 0 Å². The van der Waals surface area contributed by atoms with E-state index in [2.05, 4.69) is 31.1 Å². The normalized spacial score (nSPS) is 11.1. The summed E-state index contributed by atoms with van der Waals surface area (Å²) >= 11 is 4.84. The molecule has 0 fully saturated rings. The molecule has 0 N–H and O–H groups in total.